The van der Waals surface area contributed by atoms with Crippen LogP contribution in [0, 0.1) is 19.7 Å². The molecule has 5 nitrogen and oxygen atoms in total. The van der Waals surface area contributed by atoms with Crippen molar-refractivity contribution in [3.63, 3.8) is 0 Å². The van der Waals surface area contributed by atoms with Crippen LogP contribution >= 0.6 is 11.8 Å². The van der Waals surface area contributed by atoms with Gasteiger partial charge in [-0.25, -0.2) is 4.39 Å². The lowest BCUT2D eigenvalue weighted by Crippen LogP contribution is -2.27. The highest BCUT2D eigenvalue weighted by Crippen LogP contribution is 2.30. The zero-order chi connectivity index (χ0) is 24.1. The van der Waals surface area contributed by atoms with Gasteiger partial charge in [0.05, 0.1) is 5.75 Å². The number of aryl methyl sites for hydroxylation is 2. The van der Waals surface area contributed by atoms with E-state index in [4.69, 9.17) is 0 Å². The predicted octanol–water partition coefficient (Wildman–Crippen LogP) is 5.56. The first-order valence-electron chi connectivity index (χ1n) is 11.0. The second-order valence-electron chi connectivity index (χ2n) is 8.18. The van der Waals surface area contributed by atoms with Crippen LogP contribution in [0.3, 0.4) is 0 Å². The summed E-state index contributed by atoms with van der Waals surface area (Å²) >= 11 is 1.45. The van der Waals surface area contributed by atoms with Crippen molar-refractivity contribution in [3.8, 4) is 0 Å². The quantitative estimate of drug-likeness (QED) is 0.328. The molecule has 2 N–H and O–H groups in total. The van der Waals surface area contributed by atoms with E-state index in [-0.39, 0.29) is 23.4 Å². The van der Waals surface area contributed by atoms with E-state index in [1.807, 2.05) is 62.5 Å². The van der Waals surface area contributed by atoms with Gasteiger partial charge in [-0.3, -0.25) is 9.59 Å². The van der Waals surface area contributed by atoms with Crippen molar-refractivity contribution in [3.05, 3.63) is 95.4 Å². The summed E-state index contributed by atoms with van der Waals surface area (Å²) < 4.78 is 15.1. The molecule has 7 heteroatoms. The Morgan fingerprint density at radius 2 is 1.68 bits per heavy atom. The molecule has 0 radical (unpaired) electrons. The van der Waals surface area contributed by atoms with E-state index < -0.39 is 0 Å². The van der Waals surface area contributed by atoms with E-state index >= 15 is 0 Å². The van der Waals surface area contributed by atoms with Gasteiger partial charge in [-0.05, 0) is 56.3 Å². The Morgan fingerprint density at radius 1 is 0.971 bits per heavy atom. The standard InChI is InChI=1S/C27H26FN3O2S/c1-18-13-19(2)15-20(14-18)27(33)29-11-12-31-16-25(23-5-3-4-6-24(23)31)34-17-26(32)30-22-9-7-21(28)8-10-22/h3-10,13-16H,11-12,17H2,1-2H3,(H,29,33)(H,30,32). The maximum atomic E-state index is 13.1. The molecule has 1 aromatic heterocycles. The average Bonchev–Trinajstić information content (AvgIpc) is 3.16. The number of nitrogens with zero attached hydrogens (tertiary/aromatic N) is 1. The maximum absolute atomic E-state index is 13.1. The molecule has 0 saturated heterocycles. The molecule has 4 rings (SSSR count). The Bertz CT molecular complexity index is 1310. The minimum absolute atomic E-state index is 0.0877. The summed E-state index contributed by atoms with van der Waals surface area (Å²) in [6, 6.07) is 19.5. The molecule has 0 aliphatic carbocycles. The summed E-state index contributed by atoms with van der Waals surface area (Å²) in [6.07, 6.45) is 2.02. The van der Waals surface area contributed by atoms with Gasteiger partial charge in [-0.2, -0.15) is 0 Å². The summed E-state index contributed by atoms with van der Waals surface area (Å²) in [6.45, 7) is 5.06. The second-order valence-corrected chi connectivity index (χ2v) is 9.20. The van der Waals surface area contributed by atoms with Gasteiger partial charge < -0.3 is 15.2 Å². The molecular formula is C27H26FN3O2S. The number of halogens is 1. The monoisotopic (exact) mass is 475 g/mol. The molecule has 0 spiro atoms. The van der Waals surface area contributed by atoms with Crippen LogP contribution in [-0.2, 0) is 11.3 Å². The highest BCUT2D eigenvalue weighted by atomic mass is 32.2. The number of aromatic nitrogens is 1. The van der Waals surface area contributed by atoms with Gasteiger partial charge in [-0.1, -0.05) is 35.4 Å². The van der Waals surface area contributed by atoms with Gasteiger partial charge in [0.2, 0.25) is 5.91 Å². The predicted molar refractivity (Wildman–Crippen MR) is 136 cm³/mol. The minimum atomic E-state index is -0.342. The third-order valence-electron chi connectivity index (χ3n) is 5.36. The highest BCUT2D eigenvalue weighted by molar-refractivity contribution is 8.00. The molecule has 2 amide bonds. The molecule has 0 bridgehead atoms. The largest absolute Gasteiger partial charge is 0.350 e. The Balaban J connectivity index is 1.38. The average molecular weight is 476 g/mol. The number of hydrogen-bond acceptors (Lipinski definition) is 3. The lowest BCUT2D eigenvalue weighted by molar-refractivity contribution is -0.113. The van der Waals surface area contributed by atoms with Gasteiger partial charge in [0.1, 0.15) is 5.82 Å². The molecular weight excluding hydrogens is 449 g/mol. The number of anilines is 1. The van der Waals surface area contributed by atoms with Crippen LogP contribution < -0.4 is 10.6 Å². The van der Waals surface area contributed by atoms with Gasteiger partial charge in [0.15, 0.2) is 0 Å². The number of carbonyl (C=O) groups excluding carboxylic acids is 2. The fourth-order valence-corrected chi connectivity index (χ4v) is 4.77. The first kappa shape index (κ1) is 23.6. The van der Waals surface area contributed by atoms with Crippen LogP contribution in [-0.4, -0.2) is 28.7 Å². The smallest absolute Gasteiger partial charge is 0.251 e. The number of nitrogens with one attached hydrogen (secondary N) is 2. The van der Waals surface area contributed by atoms with Crippen molar-refractivity contribution in [1.29, 1.82) is 0 Å². The maximum Gasteiger partial charge on any atom is 0.251 e. The molecule has 1 heterocycles. The summed E-state index contributed by atoms with van der Waals surface area (Å²) in [4.78, 5) is 25.9. The number of hydrogen-bond donors (Lipinski definition) is 2. The number of carbonyl (C=O) groups is 2. The Hall–Kier alpha value is -3.58. The van der Waals surface area contributed by atoms with Crippen LogP contribution in [0.2, 0.25) is 0 Å². The molecule has 0 unspecified atom stereocenters. The first-order chi connectivity index (χ1) is 16.4. The lowest BCUT2D eigenvalue weighted by Gasteiger charge is -2.09. The topological polar surface area (TPSA) is 63.1 Å². The number of para-hydroxylation sites is 1. The molecule has 0 aliphatic rings. The summed E-state index contributed by atoms with van der Waals surface area (Å²) in [5, 5.41) is 6.84. The molecule has 3 aromatic carbocycles. The van der Waals surface area contributed by atoms with E-state index in [0.29, 0.717) is 24.3 Å². The summed E-state index contributed by atoms with van der Waals surface area (Å²) in [5.74, 6) is -0.357. The number of rotatable bonds is 8. The second kappa shape index (κ2) is 10.6. The Morgan fingerprint density at radius 3 is 2.41 bits per heavy atom. The normalized spacial score (nSPS) is 10.9. The fourth-order valence-electron chi connectivity index (χ4n) is 3.88. The Labute approximate surface area is 202 Å². The van der Waals surface area contributed by atoms with Crippen LogP contribution in [0.15, 0.2) is 77.8 Å². The zero-order valence-electron chi connectivity index (χ0n) is 19.1. The first-order valence-corrected chi connectivity index (χ1v) is 12.0. The van der Waals surface area contributed by atoms with Crippen LogP contribution in [0.1, 0.15) is 21.5 Å². The lowest BCUT2D eigenvalue weighted by atomic mass is 10.1. The van der Waals surface area contributed by atoms with Crippen molar-refractivity contribution < 1.29 is 14.0 Å². The van der Waals surface area contributed by atoms with Crippen molar-refractivity contribution >= 4 is 40.2 Å². The third-order valence-corrected chi connectivity index (χ3v) is 6.40. The molecule has 34 heavy (non-hydrogen) atoms. The van der Waals surface area contributed by atoms with E-state index in [1.54, 1.807) is 0 Å². The molecule has 0 fully saturated rings. The molecule has 4 aromatic rings. The van der Waals surface area contributed by atoms with Crippen molar-refractivity contribution in [1.82, 2.24) is 9.88 Å². The van der Waals surface area contributed by atoms with E-state index in [9.17, 15) is 14.0 Å². The number of amides is 2. The van der Waals surface area contributed by atoms with Crippen LogP contribution in [0.4, 0.5) is 10.1 Å². The fraction of sp³-hybridized carbons (Fsp3) is 0.185. The summed E-state index contributed by atoms with van der Waals surface area (Å²) in [7, 11) is 0. The Kier molecular flexibility index (Phi) is 7.33. The zero-order valence-corrected chi connectivity index (χ0v) is 19.9. The number of thioether (sulfide) groups is 1. The van der Waals surface area contributed by atoms with Crippen molar-refractivity contribution in [2.45, 2.75) is 25.3 Å². The molecule has 174 valence electrons. The SMILES string of the molecule is Cc1cc(C)cc(C(=O)NCCn2cc(SCC(=O)Nc3ccc(F)cc3)c3ccccc32)c1. The third kappa shape index (κ3) is 5.85. The van der Waals surface area contributed by atoms with E-state index in [2.05, 4.69) is 15.2 Å². The van der Waals surface area contributed by atoms with Gasteiger partial charge >= 0.3 is 0 Å². The number of benzene rings is 3. The van der Waals surface area contributed by atoms with E-state index in [1.165, 1.54) is 36.0 Å². The highest BCUT2D eigenvalue weighted by Gasteiger charge is 2.12. The van der Waals surface area contributed by atoms with Crippen molar-refractivity contribution in [2.75, 3.05) is 17.6 Å². The summed E-state index contributed by atoms with van der Waals surface area (Å²) in [5.41, 5.74) is 4.40. The van der Waals surface area contributed by atoms with Crippen molar-refractivity contribution in [2.24, 2.45) is 0 Å². The van der Waals surface area contributed by atoms with Gasteiger partial charge in [0, 0.05) is 46.3 Å². The van der Waals surface area contributed by atoms with Gasteiger partial charge in [0.25, 0.3) is 5.91 Å². The molecule has 0 saturated carbocycles. The molecule has 0 atom stereocenters. The van der Waals surface area contributed by atoms with Gasteiger partial charge in [-0.15, -0.1) is 11.8 Å². The number of fused-ring (bicyclic) bond motifs is 1. The minimum Gasteiger partial charge on any atom is -0.350 e. The van der Waals surface area contributed by atoms with Crippen LogP contribution in [0.25, 0.3) is 10.9 Å². The van der Waals surface area contributed by atoms with E-state index in [0.717, 1.165) is 26.9 Å². The van der Waals surface area contributed by atoms with Crippen LogP contribution in [0.5, 0.6) is 0 Å². The molecule has 0 aliphatic heterocycles.